The van der Waals surface area contributed by atoms with Crippen molar-refractivity contribution in [2.45, 2.75) is 37.8 Å². The summed E-state index contributed by atoms with van der Waals surface area (Å²) in [6, 6.07) is -0.545. The molecule has 0 spiro atoms. The molecule has 2 atom stereocenters. The summed E-state index contributed by atoms with van der Waals surface area (Å²) >= 11 is 0. The molecule has 7 nitrogen and oxygen atoms in total. The van der Waals surface area contributed by atoms with E-state index in [0.717, 1.165) is 36.9 Å². The molecule has 1 fully saturated rings. The fraction of sp³-hybridized carbons (Fsp3) is 0.692. The van der Waals surface area contributed by atoms with Crippen LogP contribution in [0.3, 0.4) is 0 Å². The van der Waals surface area contributed by atoms with Crippen molar-refractivity contribution in [2.75, 3.05) is 18.6 Å². The van der Waals surface area contributed by atoms with Crippen molar-refractivity contribution in [1.82, 2.24) is 10.5 Å². The zero-order chi connectivity index (χ0) is 15.0. The number of sulfone groups is 1. The van der Waals surface area contributed by atoms with Gasteiger partial charge < -0.3 is 14.6 Å². The molecule has 1 aromatic rings. The molecule has 2 heterocycles. The Balaban J connectivity index is 1.76. The van der Waals surface area contributed by atoms with E-state index >= 15 is 0 Å². The number of aromatic nitrogens is 1. The van der Waals surface area contributed by atoms with Gasteiger partial charge in [-0.3, -0.25) is 4.79 Å². The number of nitrogens with one attached hydrogen (secondary N) is 1. The molecule has 8 heteroatoms. The quantitative estimate of drug-likeness (QED) is 0.849. The number of methoxy groups -OCH3 is 1. The summed E-state index contributed by atoms with van der Waals surface area (Å²) in [6.07, 6.45) is 3.14. The van der Waals surface area contributed by atoms with E-state index in [2.05, 4.69) is 10.5 Å². The molecular weight excluding hydrogens is 296 g/mol. The fourth-order valence-corrected chi connectivity index (χ4v) is 4.84. The molecule has 2 aliphatic rings. The van der Waals surface area contributed by atoms with Crippen molar-refractivity contribution >= 4 is 15.7 Å². The molecule has 1 N–H and O–H groups in total. The van der Waals surface area contributed by atoms with Gasteiger partial charge in [-0.2, -0.15) is 0 Å². The van der Waals surface area contributed by atoms with E-state index in [1.54, 1.807) is 0 Å². The maximum Gasteiger partial charge on any atom is 0.290 e. The van der Waals surface area contributed by atoms with E-state index in [4.69, 9.17) is 9.26 Å². The van der Waals surface area contributed by atoms with E-state index in [1.165, 1.54) is 7.11 Å². The van der Waals surface area contributed by atoms with Gasteiger partial charge in [-0.15, -0.1) is 0 Å². The largest absolute Gasteiger partial charge is 0.378 e. The Morgan fingerprint density at radius 3 is 2.86 bits per heavy atom. The smallest absolute Gasteiger partial charge is 0.290 e. The fourth-order valence-electron chi connectivity index (χ4n) is 2.99. The predicted octanol–water partition coefficient (Wildman–Crippen LogP) is 0.0952. The predicted molar refractivity (Wildman–Crippen MR) is 73.9 cm³/mol. The van der Waals surface area contributed by atoms with E-state index < -0.39 is 27.9 Å². The first kappa shape index (κ1) is 14.5. The lowest BCUT2D eigenvalue weighted by Crippen LogP contribution is -2.43. The lowest BCUT2D eigenvalue weighted by atomic mass is 9.96. The maximum atomic E-state index is 12.3. The molecule has 3 rings (SSSR count). The van der Waals surface area contributed by atoms with Crippen molar-refractivity contribution < 1.29 is 22.5 Å². The van der Waals surface area contributed by atoms with Gasteiger partial charge in [-0.25, -0.2) is 8.42 Å². The van der Waals surface area contributed by atoms with Gasteiger partial charge in [-0.05, 0) is 25.7 Å². The Labute approximate surface area is 122 Å². The van der Waals surface area contributed by atoms with Crippen LogP contribution in [-0.2, 0) is 27.4 Å². The number of amides is 1. The molecule has 0 saturated carbocycles. The topological polar surface area (TPSA) is 98.5 Å². The number of nitrogens with zero attached hydrogens (tertiary/aromatic N) is 1. The third-order valence-corrected chi connectivity index (χ3v) is 5.79. The second-order valence-electron chi connectivity index (χ2n) is 5.58. The normalized spacial score (nSPS) is 27.3. The van der Waals surface area contributed by atoms with Crippen LogP contribution >= 0.6 is 0 Å². The van der Waals surface area contributed by atoms with Crippen LogP contribution in [0.25, 0.3) is 0 Å². The van der Waals surface area contributed by atoms with Crippen LogP contribution in [0.15, 0.2) is 4.52 Å². The van der Waals surface area contributed by atoms with E-state index in [-0.39, 0.29) is 17.3 Å². The van der Waals surface area contributed by atoms with E-state index in [0.29, 0.717) is 0 Å². The van der Waals surface area contributed by atoms with Crippen molar-refractivity contribution in [3.05, 3.63) is 17.0 Å². The summed E-state index contributed by atoms with van der Waals surface area (Å²) < 4.78 is 33.6. The van der Waals surface area contributed by atoms with Gasteiger partial charge in [-0.1, -0.05) is 5.16 Å². The van der Waals surface area contributed by atoms with E-state index in [9.17, 15) is 13.2 Å². The minimum absolute atomic E-state index is 0.0665. The second-order valence-corrected chi connectivity index (χ2v) is 7.73. The van der Waals surface area contributed by atoms with Gasteiger partial charge >= 0.3 is 0 Å². The zero-order valence-corrected chi connectivity index (χ0v) is 12.6. The van der Waals surface area contributed by atoms with Gasteiger partial charge in [0.2, 0.25) is 5.76 Å². The summed E-state index contributed by atoms with van der Waals surface area (Å²) in [7, 11) is -1.73. The van der Waals surface area contributed by atoms with Crippen LogP contribution in [0.2, 0.25) is 0 Å². The first-order chi connectivity index (χ1) is 10.00. The van der Waals surface area contributed by atoms with Crippen LogP contribution in [0.5, 0.6) is 0 Å². The number of carbonyl (C=O) groups excluding carboxylic acids is 1. The number of hydrogen-bond donors (Lipinski definition) is 1. The molecule has 1 saturated heterocycles. The number of aryl methyl sites for hydroxylation is 1. The number of fused-ring (bicyclic) bond motifs is 1. The highest BCUT2D eigenvalue weighted by atomic mass is 32.2. The van der Waals surface area contributed by atoms with Gasteiger partial charge in [0.15, 0.2) is 9.84 Å². The van der Waals surface area contributed by atoms with Crippen LogP contribution in [0.4, 0.5) is 0 Å². The monoisotopic (exact) mass is 314 g/mol. The summed E-state index contributed by atoms with van der Waals surface area (Å²) in [6.45, 7) is 0. The lowest BCUT2D eigenvalue weighted by molar-refractivity contribution is 0.0758. The van der Waals surface area contributed by atoms with Gasteiger partial charge in [0.05, 0.1) is 29.3 Å². The van der Waals surface area contributed by atoms with Crippen molar-refractivity contribution in [3.8, 4) is 0 Å². The zero-order valence-electron chi connectivity index (χ0n) is 11.8. The molecule has 1 aromatic heterocycles. The van der Waals surface area contributed by atoms with Crippen molar-refractivity contribution in [2.24, 2.45) is 0 Å². The standard InChI is InChI=1S/C13H18N2O5S/c1-19-11-7-21(17,18)6-10(11)14-13(16)12-8-4-2-3-5-9(8)15-20-12/h10-11H,2-7H2,1H3,(H,14,16)/t10-,11-/m1/s1. The molecule has 1 aliphatic heterocycles. The summed E-state index contributed by atoms with van der Waals surface area (Å²) in [5, 5.41) is 6.65. The molecule has 116 valence electrons. The summed E-state index contributed by atoms with van der Waals surface area (Å²) in [5.41, 5.74) is 1.70. The van der Waals surface area contributed by atoms with Crippen LogP contribution in [0, 0.1) is 0 Å². The van der Waals surface area contributed by atoms with Crippen LogP contribution in [-0.4, -0.2) is 50.2 Å². The Hall–Kier alpha value is -1.41. The molecule has 0 aromatic carbocycles. The third kappa shape index (κ3) is 2.82. The SMILES string of the molecule is CO[C@@H]1CS(=O)(=O)C[C@H]1NC(=O)c1onc2c1CCCC2. The first-order valence-electron chi connectivity index (χ1n) is 7.01. The molecule has 1 aliphatic carbocycles. The first-order valence-corrected chi connectivity index (χ1v) is 8.84. The Morgan fingerprint density at radius 1 is 1.33 bits per heavy atom. The second kappa shape index (κ2) is 5.42. The molecule has 0 unspecified atom stereocenters. The molecule has 21 heavy (non-hydrogen) atoms. The average Bonchev–Trinajstić information content (AvgIpc) is 2.99. The van der Waals surface area contributed by atoms with Gasteiger partial charge in [0.1, 0.15) is 0 Å². The third-order valence-electron chi connectivity index (χ3n) is 4.09. The highest BCUT2D eigenvalue weighted by Crippen LogP contribution is 2.24. The maximum absolute atomic E-state index is 12.3. The Bertz CT molecular complexity index is 652. The number of ether oxygens (including phenoxy) is 1. The highest BCUT2D eigenvalue weighted by molar-refractivity contribution is 7.91. The number of rotatable bonds is 3. The summed E-state index contributed by atoms with van der Waals surface area (Å²) in [5.74, 6) is -0.366. The van der Waals surface area contributed by atoms with Crippen molar-refractivity contribution in [3.63, 3.8) is 0 Å². The number of carbonyl (C=O) groups is 1. The summed E-state index contributed by atoms with van der Waals surface area (Å²) in [4.78, 5) is 12.3. The number of hydrogen-bond acceptors (Lipinski definition) is 6. The van der Waals surface area contributed by atoms with Crippen LogP contribution in [0.1, 0.15) is 34.7 Å². The Morgan fingerprint density at radius 2 is 2.10 bits per heavy atom. The Kier molecular flexibility index (Phi) is 3.75. The molecule has 0 bridgehead atoms. The highest BCUT2D eigenvalue weighted by Gasteiger charge is 2.39. The molecule has 0 radical (unpaired) electrons. The minimum atomic E-state index is -3.17. The lowest BCUT2D eigenvalue weighted by Gasteiger charge is -2.17. The minimum Gasteiger partial charge on any atom is -0.378 e. The van der Waals surface area contributed by atoms with Gasteiger partial charge in [0.25, 0.3) is 5.91 Å². The van der Waals surface area contributed by atoms with E-state index in [1.807, 2.05) is 0 Å². The van der Waals surface area contributed by atoms with Crippen LogP contribution < -0.4 is 5.32 Å². The molecule has 1 amide bonds. The van der Waals surface area contributed by atoms with Crippen molar-refractivity contribution in [1.29, 1.82) is 0 Å². The molecular formula is C13H18N2O5S. The van der Waals surface area contributed by atoms with Gasteiger partial charge in [0, 0.05) is 12.7 Å². The average molecular weight is 314 g/mol.